The number of allylic oxidation sites excluding steroid dienone is 1. The van der Waals surface area contributed by atoms with Gasteiger partial charge in [0.15, 0.2) is 0 Å². The van der Waals surface area contributed by atoms with Crippen molar-refractivity contribution >= 4 is 16.8 Å². The molecule has 0 fully saturated rings. The number of rotatable bonds is 17. The molecule has 0 amide bonds. The van der Waals surface area contributed by atoms with Crippen molar-refractivity contribution in [2.75, 3.05) is 0 Å². The molecule has 0 radical (unpaired) electrons. The monoisotopic (exact) mass is 903 g/mol. The molecule has 0 heterocycles. The molecular weight excluding hydrogens is 843 g/mol. The highest BCUT2D eigenvalue weighted by Gasteiger charge is 2.23. The van der Waals surface area contributed by atoms with Crippen LogP contribution in [0.25, 0.3) is 61.4 Å². The van der Waals surface area contributed by atoms with E-state index in [0.29, 0.717) is 5.92 Å². The number of hydrogen-bond acceptors (Lipinski definition) is 1. The van der Waals surface area contributed by atoms with Crippen LogP contribution < -0.4 is 5.73 Å². The molecule has 1 nitrogen and oxygen atoms in total. The van der Waals surface area contributed by atoms with Gasteiger partial charge in [0.05, 0.1) is 0 Å². The van der Waals surface area contributed by atoms with Crippen molar-refractivity contribution in [2.45, 2.75) is 50.5 Å². The van der Waals surface area contributed by atoms with E-state index in [1.807, 2.05) is 0 Å². The summed E-state index contributed by atoms with van der Waals surface area (Å²) in [5, 5.41) is 2.58. The third kappa shape index (κ3) is 10.9. The van der Waals surface area contributed by atoms with E-state index in [9.17, 15) is 0 Å². The Balaban J connectivity index is 0.846. The minimum Gasteiger partial charge on any atom is -0.324 e. The third-order valence-electron chi connectivity index (χ3n) is 14.5. The molecule has 0 aromatic heterocycles. The van der Waals surface area contributed by atoms with Gasteiger partial charge in [0.2, 0.25) is 0 Å². The second-order valence-corrected chi connectivity index (χ2v) is 18.8. The fraction of sp³-hybridized carbons (Fsp3) is 0.130. The van der Waals surface area contributed by atoms with Crippen molar-refractivity contribution in [3.63, 3.8) is 0 Å². The van der Waals surface area contributed by atoms with E-state index >= 15 is 0 Å². The summed E-state index contributed by atoms with van der Waals surface area (Å²) in [6.45, 7) is 2.28. The van der Waals surface area contributed by atoms with Gasteiger partial charge >= 0.3 is 0 Å². The summed E-state index contributed by atoms with van der Waals surface area (Å²) in [7, 11) is 0. The zero-order valence-electron chi connectivity index (χ0n) is 40.1. The molecule has 0 bridgehead atoms. The Morgan fingerprint density at radius 1 is 0.400 bits per heavy atom. The van der Waals surface area contributed by atoms with Gasteiger partial charge < -0.3 is 5.73 Å². The quantitative estimate of drug-likeness (QED) is 0.0968. The Bertz CT molecular complexity index is 3220. The molecule has 0 aliphatic carbocycles. The van der Waals surface area contributed by atoms with Crippen molar-refractivity contribution in [3.05, 3.63) is 294 Å². The SMILES string of the molecule is CCC(CC(C=Cc1ccc(-c2ccc(CCC(c3ccc(-c4ccccc4)cc3)c3ccc(-c4ccc(-c5ccccc5)cc4)cc3)cc2)cc1)c1cccc2ccccc12)C(N)c1ccccc1. The Labute approximate surface area is 415 Å². The standard InChI is InChI=1S/C69H61N/c1-2-52(69(70)64-20-10-5-11-21-64)49-65(68-24-14-22-61-19-12-13-23-67(61)68)35-29-50-25-31-55(32-26-50)56-33-27-51(28-34-56)30-48-66(62-44-40-58(41-45-62)54-17-8-4-9-18-54)63-46-42-60(43-47-63)59-38-36-57(37-39-59)53-15-6-3-7-16-53/h3-29,31-47,52,65-66,69H,2,30,48-49,70H2,1H3. The van der Waals surface area contributed by atoms with E-state index in [-0.39, 0.29) is 17.9 Å². The molecule has 0 saturated carbocycles. The fourth-order valence-electron chi connectivity index (χ4n) is 10.4. The average molecular weight is 904 g/mol. The van der Waals surface area contributed by atoms with E-state index < -0.39 is 0 Å². The first-order valence-corrected chi connectivity index (χ1v) is 25.1. The minimum absolute atomic E-state index is 0.0188. The van der Waals surface area contributed by atoms with Crippen molar-refractivity contribution in [2.24, 2.45) is 11.7 Å². The van der Waals surface area contributed by atoms with Crippen molar-refractivity contribution < 1.29 is 0 Å². The van der Waals surface area contributed by atoms with Crippen LogP contribution in [0.2, 0.25) is 0 Å². The van der Waals surface area contributed by atoms with Crippen LogP contribution in [-0.4, -0.2) is 0 Å². The zero-order chi connectivity index (χ0) is 47.5. The Kier molecular flexibility index (Phi) is 14.5. The third-order valence-corrected chi connectivity index (χ3v) is 14.5. The van der Waals surface area contributed by atoms with E-state index in [2.05, 4.69) is 274 Å². The van der Waals surface area contributed by atoms with Gasteiger partial charge in [-0.05, 0) is 114 Å². The molecule has 4 unspecified atom stereocenters. The van der Waals surface area contributed by atoms with Crippen molar-refractivity contribution in [1.29, 1.82) is 0 Å². The number of nitrogens with two attached hydrogens (primary N) is 1. The summed E-state index contributed by atoms with van der Waals surface area (Å²) in [6.07, 6.45) is 8.69. The van der Waals surface area contributed by atoms with Crippen molar-refractivity contribution in [3.8, 4) is 44.5 Å². The first kappa shape index (κ1) is 45.9. The van der Waals surface area contributed by atoms with E-state index in [1.165, 1.54) is 88.7 Å². The lowest BCUT2D eigenvalue weighted by Gasteiger charge is -2.27. The molecule has 4 atom stereocenters. The highest BCUT2D eigenvalue weighted by atomic mass is 14.7. The van der Waals surface area contributed by atoms with Crippen molar-refractivity contribution in [1.82, 2.24) is 0 Å². The average Bonchev–Trinajstić information content (AvgIpc) is 3.44. The van der Waals surface area contributed by atoms with Gasteiger partial charge in [-0.2, -0.15) is 0 Å². The molecule has 10 rings (SSSR count). The highest BCUT2D eigenvalue weighted by molar-refractivity contribution is 5.86. The lowest BCUT2D eigenvalue weighted by atomic mass is 9.80. The number of aryl methyl sites for hydroxylation is 1. The largest absolute Gasteiger partial charge is 0.324 e. The van der Waals surface area contributed by atoms with Crippen LogP contribution in [-0.2, 0) is 6.42 Å². The van der Waals surface area contributed by atoms with E-state index in [0.717, 1.165) is 25.7 Å². The van der Waals surface area contributed by atoms with Crippen LogP contribution in [0, 0.1) is 5.92 Å². The fourth-order valence-corrected chi connectivity index (χ4v) is 10.4. The normalized spacial score (nSPS) is 13.2. The zero-order valence-corrected chi connectivity index (χ0v) is 40.1. The van der Waals surface area contributed by atoms with Crippen LogP contribution in [0.15, 0.2) is 261 Å². The van der Waals surface area contributed by atoms with Crippen LogP contribution >= 0.6 is 0 Å². The lowest BCUT2D eigenvalue weighted by Crippen LogP contribution is -2.22. The molecular formula is C69H61N. The second kappa shape index (κ2) is 22.1. The molecule has 2 N–H and O–H groups in total. The van der Waals surface area contributed by atoms with Crippen LogP contribution in [0.3, 0.4) is 0 Å². The molecule has 10 aromatic rings. The molecule has 10 aromatic carbocycles. The topological polar surface area (TPSA) is 26.0 Å². The molecule has 0 saturated heterocycles. The van der Waals surface area contributed by atoms with E-state index in [4.69, 9.17) is 5.73 Å². The maximum Gasteiger partial charge on any atom is 0.0323 e. The molecule has 342 valence electrons. The van der Waals surface area contributed by atoms with Crippen LogP contribution in [0.1, 0.15) is 77.4 Å². The number of hydrogen-bond donors (Lipinski definition) is 1. The maximum absolute atomic E-state index is 6.99. The highest BCUT2D eigenvalue weighted by Crippen LogP contribution is 2.38. The summed E-state index contributed by atoms with van der Waals surface area (Å²) in [5.74, 6) is 0.808. The number of fused-ring (bicyclic) bond motifs is 1. The summed E-state index contributed by atoms with van der Waals surface area (Å²) in [5.41, 5.74) is 24.7. The lowest BCUT2D eigenvalue weighted by molar-refractivity contribution is 0.377. The molecule has 1 heteroatoms. The molecule has 0 aliphatic rings. The second-order valence-electron chi connectivity index (χ2n) is 18.8. The van der Waals surface area contributed by atoms with Crippen LogP contribution in [0.5, 0.6) is 0 Å². The Hall–Kier alpha value is -7.84. The van der Waals surface area contributed by atoms with E-state index in [1.54, 1.807) is 0 Å². The Morgan fingerprint density at radius 2 is 0.829 bits per heavy atom. The molecule has 0 aliphatic heterocycles. The van der Waals surface area contributed by atoms with Gasteiger partial charge in [0, 0.05) is 17.9 Å². The summed E-state index contributed by atoms with van der Waals surface area (Å²) in [4.78, 5) is 0. The van der Waals surface area contributed by atoms with Gasteiger partial charge in [-0.1, -0.05) is 280 Å². The first-order valence-electron chi connectivity index (χ1n) is 25.1. The summed E-state index contributed by atoms with van der Waals surface area (Å²) >= 11 is 0. The predicted octanol–water partition coefficient (Wildman–Crippen LogP) is 18.2. The van der Waals surface area contributed by atoms with Gasteiger partial charge in [-0.3, -0.25) is 0 Å². The maximum atomic E-state index is 6.99. The smallest absolute Gasteiger partial charge is 0.0323 e. The summed E-state index contributed by atoms with van der Waals surface area (Å²) in [6, 6.07) is 93.0. The van der Waals surface area contributed by atoms with Gasteiger partial charge in [0.25, 0.3) is 0 Å². The number of benzene rings is 10. The predicted molar refractivity (Wildman–Crippen MR) is 299 cm³/mol. The minimum atomic E-state index is -0.0188. The van der Waals surface area contributed by atoms with Crippen LogP contribution in [0.4, 0.5) is 0 Å². The Morgan fingerprint density at radius 3 is 1.36 bits per heavy atom. The molecule has 70 heavy (non-hydrogen) atoms. The summed E-state index contributed by atoms with van der Waals surface area (Å²) < 4.78 is 0. The van der Waals surface area contributed by atoms with Gasteiger partial charge in [-0.15, -0.1) is 0 Å². The van der Waals surface area contributed by atoms with Gasteiger partial charge in [-0.25, -0.2) is 0 Å². The molecule has 0 spiro atoms. The first-order chi connectivity index (χ1) is 34.6. The van der Waals surface area contributed by atoms with Gasteiger partial charge in [0.1, 0.15) is 0 Å².